The van der Waals surface area contributed by atoms with E-state index in [-0.39, 0.29) is 5.54 Å². The molecule has 5 heteroatoms. The van der Waals surface area contributed by atoms with Crippen molar-refractivity contribution in [1.29, 1.82) is 0 Å². The monoisotopic (exact) mass is 309 g/mol. The molecule has 0 atom stereocenters. The van der Waals surface area contributed by atoms with E-state index in [1.54, 1.807) is 6.07 Å². The number of aromatic nitrogens is 2. The zero-order valence-electron chi connectivity index (χ0n) is 11.1. The summed E-state index contributed by atoms with van der Waals surface area (Å²) in [6, 6.07) is 5.50. The first kappa shape index (κ1) is 13.9. The summed E-state index contributed by atoms with van der Waals surface area (Å²) >= 11 is 12.4. The zero-order valence-corrected chi connectivity index (χ0v) is 12.7. The first-order chi connectivity index (χ1) is 9.66. The summed E-state index contributed by atoms with van der Waals surface area (Å²) in [5.74, 6) is 0. The van der Waals surface area contributed by atoms with Crippen LogP contribution in [0.5, 0.6) is 0 Å². The lowest BCUT2D eigenvalue weighted by Crippen LogP contribution is -2.38. The van der Waals surface area contributed by atoms with Crippen LogP contribution in [0.2, 0.25) is 10.0 Å². The van der Waals surface area contributed by atoms with Gasteiger partial charge in [0.1, 0.15) is 0 Å². The van der Waals surface area contributed by atoms with Gasteiger partial charge in [0.15, 0.2) is 0 Å². The van der Waals surface area contributed by atoms with Crippen molar-refractivity contribution in [2.75, 3.05) is 6.54 Å². The van der Waals surface area contributed by atoms with Crippen LogP contribution < -0.4 is 5.73 Å². The third-order valence-corrected chi connectivity index (χ3v) is 4.83. The van der Waals surface area contributed by atoms with Crippen molar-refractivity contribution in [3.8, 4) is 11.3 Å². The molecule has 20 heavy (non-hydrogen) atoms. The fourth-order valence-electron chi connectivity index (χ4n) is 3.14. The van der Waals surface area contributed by atoms with Crippen molar-refractivity contribution in [1.82, 2.24) is 9.55 Å². The molecule has 1 aromatic carbocycles. The van der Waals surface area contributed by atoms with Gasteiger partial charge in [-0.15, -0.1) is 0 Å². The van der Waals surface area contributed by atoms with Crippen LogP contribution in [0.15, 0.2) is 30.7 Å². The topological polar surface area (TPSA) is 43.8 Å². The van der Waals surface area contributed by atoms with Crippen LogP contribution in [0.3, 0.4) is 0 Å². The van der Waals surface area contributed by atoms with Gasteiger partial charge >= 0.3 is 0 Å². The minimum atomic E-state index is -0.0303. The molecule has 1 aliphatic carbocycles. The van der Waals surface area contributed by atoms with E-state index in [0.29, 0.717) is 16.6 Å². The number of nitrogens with two attached hydrogens (primary N) is 1. The molecule has 3 rings (SSSR count). The van der Waals surface area contributed by atoms with Crippen LogP contribution in [0.4, 0.5) is 0 Å². The molecule has 106 valence electrons. The number of hydrogen-bond donors (Lipinski definition) is 1. The largest absolute Gasteiger partial charge is 0.328 e. The number of rotatable bonds is 3. The number of halogens is 2. The van der Waals surface area contributed by atoms with E-state index in [4.69, 9.17) is 28.9 Å². The first-order valence-corrected chi connectivity index (χ1v) is 7.60. The Morgan fingerprint density at radius 3 is 2.70 bits per heavy atom. The normalized spacial score (nSPS) is 17.6. The summed E-state index contributed by atoms with van der Waals surface area (Å²) in [6.45, 7) is 0.620. The van der Waals surface area contributed by atoms with Crippen molar-refractivity contribution in [3.63, 3.8) is 0 Å². The van der Waals surface area contributed by atoms with Gasteiger partial charge in [-0.3, -0.25) is 0 Å². The summed E-state index contributed by atoms with van der Waals surface area (Å²) in [7, 11) is 0. The Morgan fingerprint density at radius 1 is 1.25 bits per heavy atom. The molecule has 1 heterocycles. The van der Waals surface area contributed by atoms with E-state index >= 15 is 0 Å². The van der Waals surface area contributed by atoms with Crippen molar-refractivity contribution in [2.24, 2.45) is 5.73 Å². The minimum absolute atomic E-state index is 0.0303. The van der Waals surface area contributed by atoms with E-state index in [2.05, 4.69) is 9.55 Å². The molecule has 0 aliphatic heterocycles. The van der Waals surface area contributed by atoms with E-state index in [1.165, 1.54) is 12.8 Å². The van der Waals surface area contributed by atoms with Gasteiger partial charge in [-0.1, -0.05) is 36.0 Å². The van der Waals surface area contributed by atoms with Crippen molar-refractivity contribution >= 4 is 23.2 Å². The van der Waals surface area contributed by atoms with Gasteiger partial charge in [-0.05, 0) is 31.0 Å². The van der Waals surface area contributed by atoms with Crippen molar-refractivity contribution in [2.45, 2.75) is 31.2 Å². The predicted octanol–water partition coefficient (Wildman–Crippen LogP) is 4.08. The molecule has 2 aromatic rings. The van der Waals surface area contributed by atoms with Gasteiger partial charge in [0.25, 0.3) is 0 Å². The Morgan fingerprint density at radius 2 is 2.00 bits per heavy atom. The highest BCUT2D eigenvalue weighted by Crippen LogP contribution is 2.40. The van der Waals surface area contributed by atoms with Crippen LogP contribution in [-0.4, -0.2) is 16.1 Å². The van der Waals surface area contributed by atoms with Gasteiger partial charge in [0, 0.05) is 17.1 Å². The summed E-state index contributed by atoms with van der Waals surface area (Å²) < 4.78 is 2.19. The molecule has 0 bridgehead atoms. The van der Waals surface area contributed by atoms with E-state index < -0.39 is 0 Å². The van der Waals surface area contributed by atoms with Gasteiger partial charge < -0.3 is 10.3 Å². The van der Waals surface area contributed by atoms with Crippen LogP contribution in [0, 0.1) is 0 Å². The van der Waals surface area contributed by atoms with Crippen LogP contribution >= 0.6 is 23.2 Å². The van der Waals surface area contributed by atoms with Gasteiger partial charge in [0.2, 0.25) is 0 Å². The predicted molar refractivity (Wildman–Crippen MR) is 83.2 cm³/mol. The summed E-state index contributed by atoms with van der Waals surface area (Å²) in [5, 5.41) is 1.35. The quantitative estimate of drug-likeness (QED) is 0.928. The summed E-state index contributed by atoms with van der Waals surface area (Å²) in [6.07, 6.45) is 8.30. The molecule has 3 nitrogen and oxygen atoms in total. The lowest BCUT2D eigenvalue weighted by atomic mass is 9.96. The van der Waals surface area contributed by atoms with Crippen LogP contribution in [0.25, 0.3) is 11.3 Å². The summed E-state index contributed by atoms with van der Waals surface area (Å²) in [4.78, 5) is 4.31. The van der Waals surface area contributed by atoms with Gasteiger partial charge in [-0.25, -0.2) is 4.98 Å². The molecule has 1 fully saturated rings. The van der Waals surface area contributed by atoms with Crippen LogP contribution in [0.1, 0.15) is 25.7 Å². The Hall–Kier alpha value is -1.03. The van der Waals surface area contributed by atoms with E-state index in [1.807, 2.05) is 24.7 Å². The molecular weight excluding hydrogens is 293 g/mol. The lowest BCUT2D eigenvalue weighted by Gasteiger charge is -2.31. The molecule has 0 radical (unpaired) electrons. The first-order valence-electron chi connectivity index (χ1n) is 6.85. The fraction of sp³-hybridized carbons (Fsp3) is 0.400. The number of nitrogens with zero attached hydrogens (tertiary/aromatic N) is 2. The molecule has 1 aromatic heterocycles. The second kappa shape index (κ2) is 5.40. The molecule has 0 unspecified atom stereocenters. The average Bonchev–Trinajstić information content (AvgIpc) is 3.10. The molecule has 0 amide bonds. The number of hydrogen-bond acceptors (Lipinski definition) is 2. The molecule has 2 N–H and O–H groups in total. The standard InChI is InChI=1S/C15H17Cl2N3/c16-11-3-4-13(17)12(7-11)14-8-19-10-20(14)15(9-18)5-1-2-6-15/h3-4,7-8,10H,1-2,5-6,9,18H2. The highest BCUT2D eigenvalue weighted by molar-refractivity contribution is 6.35. The summed E-state index contributed by atoms with van der Waals surface area (Å²) in [5.41, 5.74) is 7.94. The molecular formula is C15H17Cl2N3. The van der Waals surface area contributed by atoms with Gasteiger partial charge in [0.05, 0.1) is 28.8 Å². The van der Waals surface area contributed by atoms with E-state index in [0.717, 1.165) is 24.1 Å². The Bertz CT molecular complexity index is 615. The molecule has 1 aliphatic rings. The number of imidazole rings is 1. The lowest BCUT2D eigenvalue weighted by molar-refractivity contribution is 0.307. The minimum Gasteiger partial charge on any atom is -0.328 e. The Labute approximate surface area is 128 Å². The van der Waals surface area contributed by atoms with Gasteiger partial charge in [-0.2, -0.15) is 0 Å². The Balaban J connectivity index is 2.12. The highest BCUT2D eigenvalue weighted by atomic mass is 35.5. The van der Waals surface area contributed by atoms with E-state index in [9.17, 15) is 0 Å². The number of benzene rings is 1. The average molecular weight is 310 g/mol. The van der Waals surface area contributed by atoms with Crippen molar-refractivity contribution < 1.29 is 0 Å². The maximum Gasteiger partial charge on any atom is 0.0956 e. The Kier molecular flexibility index (Phi) is 3.76. The maximum absolute atomic E-state index is 6.32. The smallest absolute Gasteiger partial charge is 0.0956 e. The molecule has 0 saturated heterocycles. The third kappa shape index (κ3) is 2.24. The second-order valence-corrected chi connectivity index (χ2v) is 6.25. The second-order valence-electron chi connectivity index (χ2n) is 5.41. The molecule has 1 saturated carbocycles. The van der Waals surface area contributed by atoms with Crippen LogP contribution in [-0.2, 0) is 5.54 Å². The SMILES string of the molecule is NCC1(n2cncc2-c2cc(Cl)ccc2Cl)CCCC1. The van der Waals surface area contributed by atoms with Crippen molar-refractivity contribution in [3.05, 3.63) is 40.8 Å². The third-order valence-electron chi connectivity index (χ3n) is 4.27. The zero-order chi connectivity index (χ0) is 14.2. The molecule has 0 spiro atoms. The maximum atomic E-state index is 6.32. The highest BCUT2D eigenvalue weighted by Gasteiger charge is 2.35. The fourth-order valence-corrected chi connectivity index (χ4v) is 3.53.